The van der Waals surface area contributed by atoms with Crippen molar-refractivity contribution in [1.82, 2.24) is 0 Å². The van der Waals surface area contributed by atoms with Gasteiger partial charge in [-0.15, -0.1) is 0 Å². The van der Waals surface area contributed by atoms with Crippen LogP contribution in [0.15, 0.2) is 0 Å². The van der Waals surface area contributed by atoms with Gasteiger partial charge in [-0.3, -0.25) is 0 Å². The van der Waals surface area contributed by atoms with Gasteiger partial charge in [0.15, 0.2) is 0 Å². The fourth-order valence-electron chi connectivity index (χ4n) is 0. The Morgan fingerprint density at radius 1 is 0.100 bits per heavy atom. The molecule has 0 heterocycles. The Hall–Kier alpha value is 32.7. The van der Waals surface area contributed by atoms with Crippen LogP contribution in [0, 0.1) is 0 Å². The maximum atomic E-state index is 0. The third-order valence-electron chi connectivity index (χ3n) is 0. The first kappa shape index (κ1) is 132. The summed E-state index contributed by atoms with van der Waals surface area (Å²) in [6.07, 6.45) is 0. The first-order valence-corrected chi connectivity index (χ1v) is 0. The van der Waals surface area contributed by atoms with E-state index in [4.69, 9.17) is 0 Å². The average Bonchev–Trinajstić information content (AvgIpc) is 0. The molecule has 0 aromatic rings. The topological polar surface area (TPSA) is 0 Å². The molecule has 0 N–H and O–H groups in total. The second kappa shape index (κ2) is 124. The number of hydrogen-bond donors (Lipinski definition) is 0. The van der Waals surface area contributed by atoms with Crippen molar-refractivity contribution in [2.75, 3.05) is 0 Å². The SMILES string of the molecule is [H-].[H-].[H-].[H-].[H-].[H-].[H-].[H-].[H-].[H-].[H-].[H-].[H-].[H-].[H-].[H-].[H-].[H-].[H-].[H-].[K+].[K+].[K+].[K+].[K+].[K+].[K+].[K+].[K+].[K+].[K+].[K+].[K+].[K+].[K+].[K+].[K+].[K+].[K+].[K+]. The number of rotatable bonds is 0. The maximum Gasteiger partial charge on any atom is 1.00 e. The Labute approximate surface area is 1010 Å². The van der Waals surface area contributed by atoms with E-state index in [9.17, 15) is 0 Å². The van der Waals surface area contributed by atoms with Crippen LogP contribution in [0.5, 0.6) is 0 Å². The summed E-state index contributed by atoms with van der Waals surface area (Å²) in [4.78, 5) is 0. The van der Waals surface area contributed by atoms with Crippen LogP contribution in [0.2, 0.25) is 0 Å². The molecule has 0 unspecified atom stereocenters. The summed E-state index contributed by atoms with van der Waals surface area (Å²) in [5, 5.41) is 0. The van der Waals surface area contributed by atoms with E-state index in [1.165, 1.54) is 0 Å². The van der Waals surface area contributed by atoms with Crippen molar-refractivity contribution >= 4 is 0 Å². The second-order valence-electron chi connectivity index (χ2n) is 0. The quantitative estimate of drug-likeness (QED) is 0.214. The van der Waals surface area contributed by atoms with E-state index < -0.39 is 0 Å². The van der Waals surface area contributed by atoms with Crippen molar-refractivity contribution < 1.29 is 1060 Å². The molecular weight excluding hydrogens is 782 g/mol. The van der Waals surface area contributed by atoms with Gasteiger partial charge in [0.05, 0.1) is 0 Å². The first-order chi connectivity index (χ1) is 0. The zero-order chi connectivity index (χ0) is 0. The van der Waals surface area contributed by atoms with Crippen molar-refractivity contribution in [3.8, 4) is 0 Å². The molecule has 0 aromatic carbocycles. The summed E-state index contributed by atoms with van der Waals surface area (Å²) >= 11 is 0. The monoisotopic (exact) mass is 799 g/mol. The van der Waals surface area contributed by atoms with E-state index in [-0.39, 0.29) is 1060 Å². The van der Waals surface area contributed by atoms with Crippen molar-refractivity contribution in [3.63, 3.8) is 0 Å². The van der Waals surface area contributed by atoms with E-state index in [2.05, 4.69) is 0 Å². The van der Waals surface area contributed by atoms with E-state index in [0.29, 0.717) is 0 Å². The molecule has 0 aliphatic heterocycles. The Bertz CT molecular complexity index is 40.0. The molecule has 0 aromatic heterocycles. The molecule has 20 heavy (non-hydrogen) atoms. The Morgan fingerprint density at radius 2 is 0.100 bits per heavy atom. The summed E-state index contributed by atoms with van der Waals surface area (Å²) in [7, 11) is 0. The van der Waals surface area contributed by atoms with Crippen LogP contribution >= 0.6 is 0 Å². The molecule has 0 saturated heterocycles. The van der Waals surface area contributed by atoms with E-state index in [1.54, 1.807) is 0 Å². The molecule has 0 atom stereocenters. The van der Waals surface area contributed by atoms with E-state index in [1.807, 2.05) is 0 Å². The van der Waals surface area contributed by atoms with Gasteiger partial charge >= 0.3 is 1030 Å². The van der Waals surface area contributed by atoms with Crippen molar-refractivity contribution in [2.24, 2.45) is 0 Å². The van der Waals surface area contributed by atoms with Crippen LogP contribution in [0.25, 0.3) is 0 Å². The molecule has 20 heteroatoms. The molecule has 0 bridgehead atoms. The number of hydrogen-bond acceptors (Lipinski definition) is 0. The third kappa shape index (κ3) is 117. The first-order valence-electron chi connectivity index (χ1n) is 0. The molecular formula is H20K20. The summed E-state index contributed by atoms with van der Waals surface area (Å²) in [6, 6.07) is 0. The molecule has 0 nitrogen and oxygen atoms in total. The molecule has 0 fully saturated rings. The Morgan fingerprint density at radius 3 is 0.100 bits per heavy atom. The second-order valence-corrected chi connectivity index (χ2v) is 0. The molecule has 0 saturated carbocycles. The largest absolute Gasteiger partial charge is 1.00 e. The molecule has 0 rings (SSSR count). The van der Waals surface area contributed by atoms with Gasteiger partial charge in [0.2, 0.25) is 0 Å². The minimum absolute atomic E-state index is 0. The van der Waals surface area contributed by atoms with Crippen LogP contribution in [-0.2, 0) is 0 Å². The van der Waals surface area contributed by atoms with Crippen LogP contribution in [0.3, 0.4) is 0 Å². The van der Waals surface area contributed by atoms with Crippen molar-refractivity contribution in [3.05, 3.63) is 0 Å². The smallest absolute Gasteiger partial charge is 1.00 e. The average molecular weight is 802 g/mol. The minimum Gasteiger partial charge on any atom is -1.00 e. The van der Waals surface area contributed by atoms with Gasteiger partial charge in [0, 0.05) is 0 Å². The van der Waals surface area contributed by atoms with Gasteiger partial charge in [0.25, 0.3) is 0 Å². The summed E-state index contributed by atoms with van der Waals surface area (Å²) in [5.74, 6) is 0. The van der Waals surface area contributed by atoms with Gasteiger partial charge in [-0.1, -0.05) is 0 Å². The molecule has 0 aliphatic carbocycles. The van der Waals surface area contributed by atoms with E-state index in [0.717, 1.165) is 0 Å². The zero-order valence-electron chi connectivity index (χ0n) is 40.0. The van der Waals surface area contributed by atoms with E-state index >= 15 is 0 Å². The fourth-order valence-corrected chi connectivity index (χ4v) is 0. The van der Waals surface area contributed by atoms with Crippen molar-refractivity contribution in [1.29, 1.82) is 0 Å². The predicted octanol–water partition coefficient (Wildman–Crippen LogP) is -57.7. The van der Waals surface area contributed by atoms with Gasteiger partial charge in [-0.05, 0) is 0 Å². The van der Waals surface area contributed by atoms with Gasteiger partial charge in [0.1, 0.15) is 0 Å². The summed E-state index contributed by atoms with van der Waals surface area (Å²) in [5.41, 5.74) is 0. The Balaban J connectivity index is 0. The predicted molar refractivity (Wildman–Crippen MR) is 22.2 cm³/mol. The zero-order valence-corrected chi connectivity index (χ0v) is 82.5. The van der Waals surface area contributed by atoms with Gasteiger partial charge in [-0.2, -0.15) is 0 Å². The van der Waals surface area contributed by atoms with Gasteiger partial charge in [-0.25, -0.2) is 0 Å². The third-order valence-corrected chi connectivity index (χ3v) is 0. The molecule has 40 valence electrons. The van der Waals surface area contributed by atoms with Crippen molar-refractivity contribution in [2.45, 2.75) is 0 Å². The molecule has 0 radical (unpaired) electrons. The van der Waals surface area contributed by atoms with Crippen LogP contribution in [0.1, 0.15) is 28.5 Å². The minimum atomic E-state index is 0. The van der Waals surface area contributed by atoms with Crippen LogP contribution in [0.4, 0.5) is 0 Å². The maximum absolute atomic E-state index is 0. The summed E-state index contributed by atoms with van der Waals surface area (Å²) in [6.45, 7) is 0. The molecule has 0 aliphatic rings. The molecule has 0 amide bonds. The van der Waals surface area contributed by atoms with Crippen LogP contribution < -0.4 is 1030 Å². The molecule has 0 spiro atoms. The summed E-state index contributed by atoms with van der Waals surface area (Å²) < 4.78 is 0. The van der Waals surface area contributed by atoms with Crippen LogP contribution in [-0.4, -0.2) is 0 Å². The van der Waals surface area contributed by atoms with Gasteiger partial charge < -0.3 is 28.5 Å². The normalized spacial score (nSPS) is 0. The Kier molecular flexibility index (Phi) is 818. The standard InChI is InChI=1S/20K.20H/q20*+1;20*-1. The fraction of sp³-hybridized carbons (Fsp3) is 0.